The first-order valence-electron chi connectivity index (χ1n) is 15.8. The topological polar surface area (TPSA) is 112 Å². The second-order valence-corrected chi connectivity index (χ2v) is 16.2. The summed E-state index contributed by atoms with van der Waals surface area (Å²) in [5.41, 5.74) is -0.521. The molecule has 6 aliphatic rings. The molecule has 1 aromatic rings. The Morgan fingerprint density at radius 1 is 1.10 bits per heavy atom. The van der Waals surface area contributed by atoms with Gasteiger partial charge >= 0.3 is 0 Å². The van der Waals surface area contributed by atoms with Gasteiger partial charge in [0, 0.05) is 53.3 Å². The van der Waals surface area contributed by atoms with E-state index in [1.165, 1.54) is 0 Å². The molecule has 7 rings (SSSR count). The third kappa shape index (κ3) is 3.92. The Labute approximate surface area is 251 Å². The number of hydrogen-bond donors (Lipinski definition) is 3. The van der Waals surface area contributed by atoms with Crippen molar-refractivity contribution in [2.75, 3.05) is 26.3 Å². The normalized spacial score (nSPS) is 43.8. The second-order valence-electron chi connectivity index (χ2n) is 14.5. The van der Waals surface area contributed by atoms with Crippen molar-refractivity contribution in [3.63, 3.8) is 0 Å². The molecule has 228 valence electrons. The van der Waals surface area contributed by atoms with Crippen LogP contribution in [0.4, 0.5) is 0 Å². The van der Waals surface area contributed by atoms with Gasteiger partial charge in [-0.3, -0.25) is 19.3 Å². The average Bonchev–Trinajstić information content (AvgIpc) is 3.25. The number of rotatable bonds is 3. The van der Waals surface area contributed by atoms with Crippen LogP contribution < -0.4 is 5.32 Å². The number of fused-ring (bicyclic) bond motifs is 2. The van der Waals surface area contributed by atoms with E-state index in [0.29, 0.717) is 43.3 Å². The minimum atomic E-state index is -1.28. The third-order valence-electron chi connectivity index (χ3n) is 12.4. The molecule has 3 heterocycles. The molecule has 1 aromatic carbocycles. The number of amidine groups is 1. The van der Waals surface area contributed by atoms with Crippen molar-refractivity contribution in [1.82, 2.24) is 10.2 Å². The Kier molecular flexibility index (Phi) is 6.81. The van der Waals surface area contributed by atoms with Gasteiger partial charge in [0.2, 0.25) is 5.91 Å². The number of hydrogen-bond acceptors (Lipinski definition) is 7. The van der Waals surface area contributed by atoms with Crippen LogP contribution >= 0.6 is 0 Å². The quantitative estimate of drug-likeness (QED) is 0.490. The number of nitrogens with zero attached hydrogens (tertiary/aromatic N) is 1. The molecule has 42 heavy (non-hydrogen) atoms. The van der Waals surface area contributed by atoms with E-state index in [1.807, 2.05) is 30.3 Å². The van der Waals surface area contributed by atoms with Gasteiger partial charge < -0.3 is 19.9 Å². The van der Waals surface area contributed by atoms with Crippen molar-refractivity contribution in [3.8, 4) is 0 Å². The Hall–Kier alpha value is -2.07. The van der Waals surface area contributed by atoms with E-state index in [0.717, 1.165) is 37.2 Å². The van der Waals surface area contributed by atoms with Gasteiger partial charge in [0.05, 0.1) is 41.3 Å². The number of morpholine rings is 1. The molecule has 10 atom stereocenters. The van der Waals surface area contributed by atoms with Crippen molar-refractivity contribution < 1.29 is 23.6 Å². The molecule has 10 unspecified atom stereocenters. The lowest BCUT2D eigenvalue weighted by atomic mass is 9.42. The fourth-order valence-corrected chi connectivity index (χ4v) is 12.1. The highest BCUT2D eigenvalue weighted by atomic mass is 32.2. The zero-order valence-electron chi connectivity index (χ0n) is 25.2. The van der Waals surface area contributed by atoms with Crippen molar-refractivity contribution in [2.45, 2.75) is 87.7 Å². The number of aliphatic hydroxyl groups is 1. The number of carbonyl (C=O) groups is 1. The lowest BCUT2D eigenvalue weighted by Gasteiger charge is -2.71. The molecule has 8 nitrogen and oxygen atoms in total. The maximum Gasteiger partial charge on any atom is 0.233 e. The summed E-state index contributed by atoms with van der Waals surface area (Å²) < 4.78 is 28.0. The van der Waals surface area contributed by atoms with E-state index in [4.69, 9.17) is 14.9 Å². The van der Waals surface area contributed by atoms with Gasteiger partial charge in [0.1, 0.15) is 17.2 Å². The highest BCUT2D eigenvalue weighted by Gasteiger charge is 2.72. The van der Waals surface area contributed by atoms with E-state index < -0.39 is 28.4 Å². The van der Waals surface area contributed by atoms with E-state index in [2.05, 4.69) is 37.9 Å². The molecular formula is C33H45N3O5S. The van der Waals surface area contributed by atoms with Gasteiger partial charge in [-0.15, -0.1) is 0 Å². The predicted molar refractivity (Wildman–Crippen MR) is 160 cm³/mol. The summed E-state index contributed by atoms with van der Waals surface area (Å²) in [6.07, 6.45) is 3.08. The standard InChI is InChI=1S/C33H45N3O5S/c1-19-10-11-25-31(2,3)28(36-12-14-40-15-13-36)24(42(39)20-8-6-5-7-9-20)18-33(25)32(19,4)17-22-23(37)16-21-26(27(22)41-33)29(34)35-30(21)38/h5-9,19,21-25,28,37H,10-18H2,1-4H3,(H2,34,35,38). The van der Waals surface area contributed by atoms with Crippen molar-refractivity contribution in [1.29, 1.82) is 5.41 Å². The van der Waals surface area contributed by atoms with Gasteiger partial charge in [-0.2, -0.15) is 0 Å². The Bertz CT molecular complexity index is 1340. The molecule has 0 radical (unpaired) electrons. The average molecular weight is 596 g/mol. The van der Waals surface area contributed by atoms with Crippen LogP contribution in [0.3, 0.4) is 0 Å². The van der Waals surface area contributed by atoms with Crippen LogP contribution in [0.25, 0.3) is 0 Å². The number of aliphatic hydroxyl groups excluding tert-OH is 1. The molecule has 2 saturated carbocycles. The van der Waals surface area contributed by atoms with E-state index >= 15 is 0 Å². The van der Waals surface area contributed by atoms with Gasteiger partial charge in [-0.1, -0.05) is 45.9 Å². The van der Waals surface area contributed by atoms with Crippen LogP contribution in [-0.2, 0) is 25.1 Å². The Balaban J connectivity index is 1.41. The summed E-state index contributed by atoms with van der Waals surface area (Å²) >= 11 is 0. The smallest absolute Gasteiger partial charge is 0.233 e. The van der Waals surface area contributed by atoms with E-state index in [1.54, 1.807) is 0 Å². The number of benzene rings is 1. The van der Waals surface area contributed by atoms with Gasteiger partial charge in [-0.05, 0) is 49.1 Å². The highest BCUT2D eigenvalue weighted by Crippen LogP contribution is 2.69. The number of carbonyl (C=O) groups excluding carboxylic acids is 1. The van der Waals surface area contributed by atoms with Crippen molar-refractivity contribution in [2.24, 2.45) is 34.5 Å². The zero-order chi connectivity index (χ0) is 29.6. The summed E-state index contributed by atoms with van der Waals surface area (Å²) in [5, 5.41) is 22.6. The molecule has 1 amide bonds. The SMILES string of the molecule is CC1CCC2C(C)(C)C(N3CCOCC3)C(S(=O)c3ccccc3)CC23OC2=C4C(=N)NC(=O)C4CC(O)C2CC13C. The highest BCUT2D eigenvalue weighted by molar-refractivity contribution is 7.85. The first kappa shape index (κ1) is 28.7. The summed E-state index contributed by atoms with van der Waals surface area (Å²) in [7, 11) is -1.28. The minimum absolute atomic E-state index is 0.0763. The predicted octanol–water partition coefficient (Wildman–Crippen LogP) is 3.86. The van der Waals surface area contributed by atoms with Crippen molar-refractivity contribution in [3.05, 3.63) is 41.7 Å². The first-order valence-corrected chi connectivity index (χ1v) is 17.0. The number of amides is 1. The van der Waals surface area contributed by atoms with E-state index in [9.17, 15) is 14.1 Å². The zero-order valence-corrected chi connectivity index (χ0v) is 26.0. The molecule has 3 N–H and O–H groups in total. The first-order chi connectivity index (χ1) is 20.0. The molecule has 0 bridgehead atoms. The molecule has 0 aromatic heterocycles. The maximum absolute atomic E-state index is 14.7. The van der Waals surface area contributed by atoms with Gasteiger partial charge in [0.25, 0.3) is 0 Å². The third-order valence-corrected chi connectivity index (χ3v) is 14.1. The van der Waals surface area contributed by atoms with Crippen molar-refractivity contribution >= 4 is 22.5 Å². The molecule has 3 aliphatic heterocycles. The Morgan fingerprint density at radius 2 is 1.81 bits per heavy atom. The molecule has 1 spiro atoms. The van der Waals surface area contributed by atoms with Crippen LogP contribution in [0.5, 0.6) is 0 Å². The molecule has 3 aliphatic carbocycles. The summed E-state index contributed by atoms with van der Waals surface area (Å²) in [6.45, 7) is 12.4. The molecule has 3 saturated heterocycles. The molecule has 5 fully saturated rings. The number of ether oxygens (including phenoxy) is 2. The summed E-state index contributed by atoms with van der Waals surface area (Å²) in [5.74, 6) is 0.252. The van der Waals surface area contributed by atoms with Gasteiger partial charge in [-0.25, -0.2) is 0 Å². The Morgan fingerprint density at radius 3 is 2.52 bits per heavy atom. The monoisotopic (exact) mass is 595 g/mol. The lowest BCUT2D eigenvalue weighted by Crippen LogP contribution is -2.75. The second kappa shape index (κ2) is 9.98. The summed E-state index contributed by atoms with van der Waals surface area (Å²) in [4.78, 5) is 16.2. The van der Waals surface area contributed by atoms with Gasteiger partial charge in [0.15, 0.2) is 0 Å². The lowest BCUT2D eigenvalue weighted by molar-refractivity contribution is -0.274. The van der Waals surface area contributed by atoms with Crippen LogP contribution in [0.2, 0.25) is 0 Å². The summed E-state index contributed by atoms with van der Waals surface area (Å²) in [6, 6.07) is 9.93. The largest absolute Gasteiger partial charge is 0.490 e. The maximum atomic E-state index is 14.7. The molecular weight excluding hydrogens is 550 g/mol. The van der Waals surface area contributed by atoms with Crippen LogP contribution in [-0.4, -0.2) is 75.3 Å². The molecule has 9 heteroatoms. The minimum Gasteiger partial charge on any atom is -0.490 e. The fourth-order valence-electron chi connectivity index (χ4n) is 10.2. The number of nitrogens with one attached hydrogen (secondary N) is 2. The van der Waals surface area contributed by atoms with E-state index in [-0.39, 0.29) is 45.7 Å². The van der Waals surface area contributed by atoms with Crippen LogP contribution in [0.1, 0.15) is 59.8 Å². The van der Waals surface area contributed by atoms with Crippen LogP contribution in [0.15, 0.2) is 46.6 Å². The van der Waals surface area contributed by atoms with Crippen LogP contribution in [0, 0.1) is 39.9 Å². The fraction of sp³-hybridized carbons (Fsp3) is 0.697.